The summed E-state index contributed by atoms with van der Waals surface area (Å²) in [5.74, 6) is -2.50. The van der Waals surface area contributed by atoms with Gasteiger partial charge in [0, 0.05) is 23.6 Å². The van der Waals surface area contributed by atoms with Crippen LogP contribution in [0.4, 0.5) is 0 Å². The Morgan fingerprint density at radius 2 is 1.49 bits per heavy atom. The van der Waals surface area contributed by atoms with Crippen LogP contribution >= 0.6 is 11.6 Å². The summed E-state index contributed by atoms with van der Waals surface area (Å²) in [6.07, 6.45) is -2.24. The molecule has 4 aromatic rings. The number of rotatable bonds is 13. The van der Waals surface area contributed by atoms with Crippen LogP contribution in [-0.4, -0.2) is 43.1 Å². The monoisotopic (exact) mass is 630 g/mol. The third kappa shape index (κ3) is 7.57. The van der Waals surface area contributed by atoms with E-state index in [9.17, 15) is 9.90 Å². The Labute approximate surface area is 269 Å². The van der Waals surface area contributed by atoms with Gasteiger partial charge in [-0.2, -0.15) is 0 Å². The number of ether oxygens (including phenoxy) is 5. The third-order valence-electron chi connectivity index (χ3n) is 8.15. The van der Waals surface area contributed by atoms with Gasteiger partial charge in [0.05, 0.1) is 25.9 Å². The molecule has 7 nitrogen and oxygen atoms in total. The second kappa shape index (κ2) is 15.0. The number of methoxy groups -OCH3 is 1. The van der Waals surface area contributed by atoms with Gasteiger partial charge in [-0.3, -0.25) is 0 Å². The van der Waals surface area contributed by atoms with Crippen molar-refractivity contribution >= 4 is 17.6 Å². The normalized spacial score (nSPS) is 23.0. The van der Waals surface area contributed by atoms with Crippen LogP contribution in [0.2, 0.25) is 5.02 Å². The molecule has 236 valence electrons. The molecular weight excluding hydrogens is 592 g/mol. The van der Waals surface area contributed by atoms with Gasteiger partial charge in [0.2, 0.25) is 5.79 Å². The summed E-state index contributed by atoms with van der Waals surface area (Å²) in [6.45, 7) is 4.85. The molecule has 1 aliphatic rings. The Balaban J connectivity index is 1.55. The van der Waals surface area contributed by atoms with Crippen molar-refractivity contribution in [2.45, 2.75) is 57.6 Å². The van der Waals surface area contributed by atoms with Crippen LogP contribution in [0.25, 0.3) is 0 Å². The molecule has 1 N–H and O–H groups in total. The first-order valence-corrected chi connectivity index (χ1v) is 15.5. The van der Waals surface area contributed by atoms with Crippen molar-refractivity contribution in [1.29, 1.82) is 0 Å². The summed E-state index contributed by atoms with van der Waals surface area (Å²) in [4.78, 5) is 12.6. The van der Waals surface area contributed by atoms with E-state index in [0.29, 0.717) is 23.6 Å². The van der Waals surface area contributed by atoms with E-state index in [-0.39, 0.29) is 13.2 Å². The van der Waals surface area contributed by atoms with Gasteiger partial charge in [0.25, 0.3) is 0 Å². The molecule has 1 heterocycles. The lowest BCUT2D eigenvalue weighted by atomic mass is 9.82. The summed E-state index contributed by atoms with van der Waals surface area (Å²) in [7, 11) is 1.50. The van der Waals surface area contributed by atoms with E-state index in [0.717, 1.165) is 28.0 Å². The van der Waals surface area contributed by atoms with Crippen LogP contribution in [-0.2, 0) is 49.2 Å². The smallest absolute Gasteiger partial charge is 0.333 e. The van der Waals surface area contributed by atoms with Crippen molar-refractivity contribution in [2.24, 2.45) is 5.92 Å². The molecule has 0 amide bonds. The molecule has 5 atom stereocenters. The van der Waals surface area contributed by atoms with Crippen LogP contribution in [0.5, 0.6) is 5.75 Å². The number of hydrogen-bond donors (Lipinski definition) is 1. The summed E-state index contributed by atoms with van der Waals surface area (Å²) in [6, 6.07) is 32.9. The maximum Gasteiger partial charge on any atom is 0.333 e. The minimum atomic E-state index is -1.62. The van der Waals surface area contributed by atoms with Crippen molar-refractivity contribution in [3.63, 3.8) is 0 Å². The molecule has 45 heavy (non-hydrogen) atoms. The maximum absolute atomic E-state index is 12.6. The molecule has 0 unspecified atom stereocenters. The predicted octanol–water partition coefficient (Wildman–Crippen LogP) is 7.42. The van der Waals surface area contributed by atoms with Crippen LogP contribution in [0, 0.1) is 5.92 Å². The van der Waals surface area contributed by atoms with Crippen LogP contribution in [0.3, 0.4) is 0 Å². The highest BCUT2D eigenvalue weighted by Crippen LogP contribution is 2.45. The number of carbonyl (C=O) groups is 1. The predicted molar refractivity (Wildman–Crippen MR) is 172 cm³/mol. The van der Waals surface area contributed by atoms with Gasteiger partial charge in [-0.05, 0) is 59.9 Å². The van der Waals surface area contributed by atoms with Crippen molar-refractivity contribution in [2.75, 3.05) is 13.7 Å². The molecule has 0 radical (unpaired) electrons. The zero-order valence-electron chi connectivity index (χ0n) is 25.7. The van der Waals surface area contributed by atoms with Crippen LogP contribution < -0.4 is 4.74 Å². The zero-order valence-corrected chi connectivity index (χ0v) is 26.5. The lowest BCUT2D eigenvalue weighted by Gasteiger charge is -2.50. The number of aliphatic carboxylic acids is 1. The lowest BCUT2D eigenvalue weighted by molar-refractivity contribution is -0.365. The zero-order chi connectivity index (χ0) is 31.8. The molecule has 1 aliphatic heterocycles. The van der Waals surface area contributed by atoms with Gasteiger partial charge >= 0.3 is 5.97 Å². The molecule has 8 heteroatoms. The first kappa shape index (κ1) is 32.7. The van der Waals surface area contributed by atoms with Crippen molar-refractivity contribution in [1.82, 2.24) is 0 Å². The van der Waals surface area contributed by atoms with E-state index < -0.39 is 36.0 Å². The Morgan fingerprint density at radius 1 is 0.867 bits per heavy atom. The molecule has 0 aromatic heterocycles. The minimum absolute atomic E-state index is 0.238. The molecular formula is C37H39ClO7. The van der Waals surface area contributed by atoms with E-state index in [2.05, 4.69) is 0 Å². The molecule has 0 bridgehead atoms. The molecule has 1 saturated heterocycles. The molecule has 0 saturated carbocycles. The minimum Gasteiger partial charge on any atom is -0.494 e. The summed E-state index contributed by atoms with van der Waals surface area (Å²) >= 11 is 6.72. The quantitative estimate of drug-likeness (QED) is 0.165. The van der Waals surface area contributed by atoms with Crippen molar-refractivity contribution in [3.05, 3.63) is 136 Å². The van der Waals surface area contributed by atoms with Crippen LogP contribution in [0.15, 0.2) is 103 Å². The van der Waals surface area contributed by atoms with E-state index in [1.807, 2.05) is 105 Å². The Bertz CT molecular complexity index is 1530. The number of halogens is 1. The standard InChI is InChI=1S/C37H39ClO7/c1-4-42-31-18-15-26(16-19-31)21-29-22-30(17-20-32(29)38)37(41-3)35(44-24-28-13-9-6-10-14-28)33(25(2)34(45-37)36(39)40)43-23-27-11-7-5-8-12-27/h5-20,22,25,33-35H,4,21,23-24H2,1-3H3,(H,39,40)/t25-,33-,34-,35+,37-/m0/s1. The first-order chi connectivity index (χ1) is 21.8. The second-order valence-electron chi connectivity index (χ2n) is 11.1. The topological polar surface area (TPSA) is 83.5 Å². The second-order valence-corrected chi connectivity index (χ2v) is 11.6. The Hall–Kier alpha value is -3.72. The number of benzene rings is 4. The molecule has 1 fully saturated rings. The average Bonchev–Trinajstić information content (AvgIpc) is 3.06. The number of carboxylic acids is 1. The van der Waals surface area contributed by atoms with E-state index >= 15 is 0 Å². The van der Waals surface area contributed by atoms with Gasteiger partial charge in [0.1, 0.15) is 11.9 Å². The van der Waals surface area contributed by atoms with Crippen molar-refractivity contribution < 1.29 is 33.6 Å². The Morgan fingerprint density at radius 3 is 2.07 bits per heavy atom. The highest BCUT2D eigenvalue weighted by Gasteiger charge is 2.58. The summed E-state index contributed by atoms with van der Waals surface area (Å²) < 4.78 is 31.4. The fourth-order valence-electron chi connectivity index (χ4n) is 5.80. The molecule has 5 rings (SSSR count). The third-order valence-corrected chi connectivity index (χ3v) is 8.52. The lowest BCUT2D eigenvalue weighted by Crippen LogP contribution is -2.63. The highest BCUT2D eigenvalue weighted by molar-refractivity contribution is 6.31. The maximum atomic E-state index is 12.6. The fraction of sp³-hybridized carbons (Fsp3) is 0.324. The number of hydrogen-bond acceptors (Lipinski definition) is 6. The van der Waals surface area contributed by atoms with E-state index in [4.69, 9.17) is 35.3 Å². The fourth-order valence-corrected chi connectivity index (χ4v) is 5.99. The van der Waals surface area contributed by atoms with Gasteiger partial charge in [-0.1, -0.05) is 97.4 Å². The SMILES string of the molecule is CCOc1ccc(Cc2cc([C@]3(OC)O[C@H](C(=O)O)[C@@H](C)[C@H](OCc4ccccc4)[C@H]3OCc3ccccc3)ccc2Cl)cc1. The molecule has 0 spiro atoms. The van der Waals surface area contributed by atoms with Gasteiger partial charge in [-0.15, -0.1) is 0 Å². The average molecular weight is 631 g/mol. The first-order valence-electron chi connectivity index (χ1n) is 15.1. The largest absolute Gasteiger partial charge is 0.494 e. The van der Waals surface area contributed by atoms with Gasteiger partial charge in [0.15, 0.2) is 6.10 Å². The summed E-state index contributed by atoms with van der Waals surface area (Å²) in [5, 5.41) is 10.9. The van der Waals surface area contributed by atoms with Crippen molar-refractivity contribution in [3.8, 4) is 5.75 Å². The van der Waals surface area contributed by atoms with Gasteiger partial charge < -0.3 is 28.8 Å². The van der Waals surface area contributed by atoms with E-state index in [1.165, 1.54) is 7.11 Å². The highest BCUT2D eigenvalue weighted by atomic mass is 35.5. The molecule has 4 aromatic carbocycles. The molecule has 0 aliphatic carbocycles. The van der Waals surface area contributed by atoms with E-state index in [1.54, 1.807) is 12.1 Å². The number of carboxylic acid groups (broad SMARTS) is 1. The Kier molecular flexibility index (Phi) is 10.9. The summed E-state index contributed by atoms with van der Waals surface area (Å²) in [5.41, 5.74) is 4.35. The van der Waals surface area contributed by atoms with Gasteiger partial charge in [-0.25, -0.2) is 4.79 Å². The van der Waals surface area contributed by atoms with Crippen LogP contribution in [0.1, 0.15) is 41.7 Å².